The number of carboxylic acid groups (broad SMARTS) is 1. The van der Waals surface area contributed by atoms with Crippen molar-refractivity contribution in [2.75, 3.05) is 5.32 Å². The van der Waals surface area contributed by atoms with Gasteiger partial charge in [-0.15, -0.1) is 0 Å². The summed E-state index contributed by atoms with van der Waals surface area (Å²) in [4.78, 5) is 21.0. The molecule has 0 heterocycles. The quantitative estimate of drug-likeness (QED) is 0.302. The standard InChI is InChI=1S/C8H10AsNO5.C7H6O3/c1-5(11)10-8-6(9(13,14)15)3-2-4-7(8)12;8-6-3-1-5(2-4-6)7(9)10/h2-4,12H,1H3,(H,10,11)(H2,13,14,15);1-4,8H,(H,9,10). The molecule has 0 unspecified atom stereocenters. The van der Waals surface area contributed by atoms with E-state index in [1.54, 1.807) is 0 Å². The van der Waals surface area contributed by atoms with E-state index in [-0.39, 0.29) is 27.1 Å². The van der Waals surface area contributed by atoms with Crippen LogP contribution in [0.25, 0.3) is 0 Å². The Hall–Kier alpha value is -2.74. The number of phenols is 2. The first-order chi connectivity index (χ1) is 11.5. The third-order valence-electron chi connectivity index (χ3n) is 2.75. The number of carbonyl (C=O) groups excluding carboxylic acids is 1. The maximum atomic E-state index is 11.1. The van der Waals surface area contributed by atoms with Crippen LogP contribution in [-0.4, -0.2) is 49.6 Å². The number of amides is 1. The Morgan fingerprint density at radius 3 is 2.00 bits per heavy atom. The summed E-state index contributed by atoms with van der Waals surface area (Å²) in [5, 5.41) is 28.7. The summed E-state index contributed by atoms with van der Waals surface area (Å²) in [5.41, 5.74) is -0.0460. The Kier molecular flexibility index (Phi) is 6.81. The average molecular weight is 413 g/mol. The summed E-state index contributed by atoms with van der Waals surface area (Å²) in [6, 6.07) is 9.07. The van der Waals surface area contributed by atoms with Crippen molar-refractivity contribution in [3.8, 4) is 11.5 Å². The van der Waals surface area contributed by atoms with E-state index in [1.165, 1.54) is 49.4 Å². The number of hydrogen-bond donors (Lipinski definition) is 6. The summed E-state index contributed by atoms with van der Waals surface area (Å²) in [5.74, 6) is -1.79. The van der Waals surface area contributed by atoms with Crippen molar-refractivity contribution in [1.29, 1.82) is 0 Å². The van der Waals surface area contributed by atoms with Crippen LogP contribution in [0, 0.1) is 0 Å². The fourth-order valence-corrected chi connectivity index (χ4v) is 3.24. The predicted molar refractivity (Wildman–Crippen MR) is 88.0 cm³/mol. The van der Waals surface area contributed by atoms with Crippen LogP contribution in [0.3, 0.4) is 0 Å². The van der Waals surface area contributed by atoms with E-state index in [4.69, 9.17) is 18.4 Å². The van der Waals surface area contributed by atoms with E-state index in [0.717, 1.165) is 0 Å². The molecule has 0 bridgehead atoms. The van der Waals surface area contributed by atoms with Gasteiger partial charge in [0.05, 0.1) is 5.56 Å². The summed E-state index contributed by atoms with van der Waals surface area (Å²) in [6.07, 6.45) is 0. The van der Waals surface area contributed by atoms with Gasteiger partial charge in [0, 0.05) is 0 Å². The van der Waals surface area contributed by atoms with Crippen LogP contribution in [0.5, 0.6) is 11.5 Å². The zero-order valence-corrected chi connectivity index (χ0v) is 14.8. The van der Waals surface area contributed by atoms with Crippen molar-refractivity contribution in [3.05, 3.63) is 48.0 Å². The van der Waals surface area contributed by atoms with Crippen LogP contribution in [0.1, 0.15) is 17.3 Å². The van der Waals surface area contributed by atoms with Gasteiger partial charge in [-0.05, 0) is 24.3 Å². The van der Waals surface area contributed by atoms with E-state index < -0.39 is 26.0 Å². The Bertz CT molecular complexity index is 813. The second-order valence-electron chi connectivity index (χ2n) is 4.75. The molecular formula is C15H16AsNO8. The summed E-state index contributed by atoms with van der Waals surface area (Å²) >= 11 is -5.14. The van der Waals surface area contributed by atoms with Gasteiger partial charge < -0.3 is 10.2 Å². The van der Waals surface area contributed by atoms with Gasteiger partial charge in [0.1, 0.15) is 5.75 Å². The summed E-state index contributed by atoms with van der Waals surface area (Å²) < 4.78 is 28.8. The van der Waals surface area contributed by atoms with E-state index in [9.17, 15) is 18.4 Å². The molecule has 1 amide bonds. The number of carbonyl (C=O) groups is 2. The molecule has 10 heteroatoms. The molecule has 0 aliphatic rings. The van der Waals surface area contributed by atoms with Gasteiger partial charge in [-0.1, -0.05) is 0 Å². The van der Waals surface area contributed by atoms with Gasteiger partial charge in [-0.2, -0.15) is 0 Å². The monoisotopic (exact) mass is 413 g/mol. The Morgan fingerprint density at radius 2 is 1.56 bits per heavy atom. The van der Waals surface area contributed by atoms with Crippen molar-refractivity contribution in [1.82, 2.24) is 0 Å². The first-order valence-corrected chi connectivity index (χ1v) is 10.1. The van der Waals surface area contributed by atoms with Crippen LogP contribution in [0.4, 0.5) is 5.69 Å². The summed E-state index contributed by atoms with van der Waals surface area (Å²) in [6.45, 7) is 1.18. The third-order valence-corrected chi connectivity index (χ3v) is 4.85. The molecule has 2 aromatic carbocycles. The van der Waals surface area contributed by atoms with E-state index in [1.807, 2.05) is 0 Å². The number of carboxylic acids is 1. The Balaban J connectivity index is 0.000000271. The molecule has 0 atom stereocenters. The number of nitrogens with one attached hydrogen (secondary N) is 1. The van der Waals surface area contributed by atoms with E-state index in [0.29, 0.717) is 0 Å². The molecule has 2 rings (SSSR count). The molecule has 9 nitrogen and oxygen atoms in total. The zero-order chi connectivity index (χ0) is 19.2. The normalized spacial score (nSPS) is 10.4. The van der Waals surface area contributed by atoms with Gasteiger partial charge in [0.25, 0.3) is 0 Å². The van der Waals surface area contributed by atoms with Crippen LogP contribution < -0.4 is 9.67 Å². The molecule has 2 aromatic rings. The number of para-hydroxylation sites is 1. The SMILES string of the molecule is CC(=O)Nc1c(O)cccc1[As](=O)(O)O.O=C(O)c1ccc(O)cc1. The van der Waals surface area contributed by atoms with Crippen molar-refractivity contribution in [2.24, 2.45) is 0 Å². The fraction of sp³-hybridized carbons (Fsp3) is 0.0667. The number of rotatable bonds is 3. The van der Waals surface area contributed by atoms with Crippen LogP contribution in [-0.2, 0) is 8.53 Å². The molecule has 0 aliphatic carbocycles. The smallest absolute Gasteiger partial charge is 0.335 e. The minimum atomic E-state index is -5.14. The van der Waals surface area contributed by atoms with Gasteiger partial charge in [-0.3, -0.25) is 0 Å². The van der Waals surface area contributed by atoms with E-state index >= 15 is 0 Å². The van der Waals surface area contributed by atoms with Crippen molar-refractivity contribution < 1.29 is 36.8 Å². The molecule has 25 heavy (non-hydrogen) atoms. The molecular weight excluding hydrogens is 397 g/mol. The molecule has 6 N–H and O–H groups in total. The Labute approximate surface area is 145 Å². The number of aromatic hydroxyl groups is 2. The van der Waals surface area contributed by atoms with E-state index in [2.05, 4.69) is 5.32 Å². The average Bonchev–Trinajstić information content (AvgIpc) is 2.49. The van der Waals surface area contributed by atoms with Crippen LogP contribution >= 0.6 is 0 Å². The predicted octanol–water partition coefficient (Wildman–Crippen LogP) is 0.00200. The van der Waals surface area contributed by atoms with Crippen LogP contribution in [0.15, 0.2) is 42.5 Å². The van der Waals surface area contributed by atoms with Crippen molar-refractivity contribution in [2.45, 2.75) is 6.92 Å². The molecule has 134 valence electrons. The topological polar surface area (TPSA) is 164 Å². The number of aromatic carboxylic acids is 1. The molecule has 0 saturated heterocycles. The number of phenolic OH excluding ortho intramolecular Hbond substituents is 2. The maximum Gasteiger partial charge on any atom is 0.335 e. The largest absolute Gasteiger partial charge is 0.508 e. The van der Waals surface area contributed by atoms with Crippen molar-refractivity contribution >= 4 is 36.1 Å². The summed E-state index contributed by atoms with van der Waals surface area (Å²) in [7, 11) is 0. The third kappa shape index (κ3) is 6.34. The maximum absolute atomic E-state index is 11.1. The Morgan fingerprint density at radius 1 is 1.00 bits per heavy atom. The molecule has 0 aliphatic heterocycles. The van der Waals surface area contributed by atoms with Gasteiger partial charge in [0.2, 0.25) is 0 Å². The van der Waals surface area contributed by atoms with Gasteiger partial charge >= 0.3 is 94.1 Å². The fourth-order valence-electron chi connectivity index (χ4n) is 1.68. The number of benzene rings is 2. The molecule has 0 radical (unpaired) electrons. The molecule has 0 saturated carbocycles. The van der Waals surface area contributed by atoms with Crippen LogP contribution in [0.2, 0.25) is 0 Å². The molecule has 0 aromatic heterocycles. The molecule has 0 fully saturated rings. The second kappa shape index (κ2) is 8.38. The first kappa shape index (κ1) is 20.3. The van der Waals surface area contributed by atoms with Gasteiger partial charge in [0.15, 0.2) is 0 Å². The molecule has 0 spiro atoms. The minimum Gasteiger partial charge on any atom is -0.508 e. The zero-order valence-electron chi connectivity index (χ0n) is 12.9. The van der Waals surface area contributed by atoms with Crippen molar-refractivity contribution in [3.63, 3.8) is 0 Å². The first-order valence-electron chi connectivity index (χ1n) is 6.70. The second-order valence-corrected chi connectivity index (χ2v) is 8.04. The number of anilines is 1. The number of hydrogen-bond acceptors (Lipinski definition) is 5. The minimum absolute atomic E-state index is 0.0741. The van der Waals surface area contributed by atoms with Gasteiger partial charge in [-0.25, -0.2) is 4.79 Å².